The number of carbonyl (C=O) groups excluding carboxylic acids is 3. The van der Waals surface area contributed by atoms with E-state index in [0.29, 0.717) is 49.6 Å². The number of hydrogen-bond acceptors (Lipinski definition) is 5. The molecule has 1 aliphatic carbocycles. The summed E-state index contributed by atoms with van der Waals surface area (Å²) in [5, 5.41) is 2.86. The van der Waals surface area contributed by atoms with Crippen LogP contribution in [0.1, 0.15) is 45.2 Å². The maximum atomic E-state index is 14.0. The summed E-state index contributed by atoms with van der Waals surface area (Å²) in [7, 11) is 0. The first-order valence-corrected chi connectivity index (χ1v) is 12.1. The van der Waals surface area contributed by atoms with Gasteiger partial charge in [0.1, 0.15) is 5.82 Å². The molecule has 2 fully saturated rings. The molecule has 1 aromatic rings. The number of piperazine rings is 1. The Bertz CT molecular complexity index is 993. The van der Waals surface area contributed by atoms with Crippen LogP contribution in [0.15, 0.2) is 35.5 Å². The van der Waals surface area contributed by atoms with Crippen molar-refractivity contribution in [1.29, 1.82) is 0 Å². The number of carbonyl (C=O) groups is 3. The molecule has 0 aromatic heterocycles. The number of nitrogens with one attached hydrogen (secondary N) is 1. The van der Waals surface area contributed by atoms with E-state index in [9.17, 15) is 18.8 Å². The molecular weight excluding hydrogens is 439 g/mol. The number of hydrogen-bond donors (Lipinski definition) is 1. The molecule has 4 rings (SSSR count). The molecule has 0 bridgehead atoms. The van der Waals surface area contributed by atoms with Crippen LogP contribution in [0.2, 0.25) is 0 Å². The van der Waals surface area contributed by atoms with Crippen molar-refractivity contribution in [2.45, 2.75) is 45.7 Å². The Morgan fingerprint density at radius 1 is 1.21 bits per heavy atom. The predicted octanol–water partition coefficient (Wildman–Crippen LogP) is 2.67. The van der Waals surface area contributed by atoms with Crippen LogP contribution in [0.3, 0.4) is 0 Å². The molecule has 2 aliphatic heterocycles. The minimum atomic E-state index is -0.810. The molecule has 2 heterocycles. The molecule has 0 spiro atoms. The number of likely N-dealkylation sites (N-methyl/N-ethyl adjacent to an activating group) is 1. The summed E-state index contributed by atoms with van der Waals surface area (Å²) < 4.78 is 19.4. The van der Waals surface area contributed by atoms with Gasteiger partial charge in [0.25, 0.3) is 0 Å². The van der Waals surface area contributed by atoms with Gasteiger partial charge in [0, 0.05) is 50.4 Å². The van der Waals surface area contributed by atoms with Crippen molar-refractivity contribution in [3.8, 4) is 0 Å². The average Bonchev–Trinajstić information content (AvgIpc) is 3.64. The molecule has 1 N–H and O–H groups in total. The van der Waals surface area contributed by atoms with Gasteiger partial charge in [-0.1, -0.05) is 12.1 Å². The normalized spacial score (nSPS) is 23.7. The number of halogens is 1. The summed E-state index contributed by atoms with van der Waals surface area (Å²) in [6, 6.07) is 4.80. The third-order valence-electron chi connectivity index (χ3n) is 6.73. The van der Waals surface area contributed by atoms with E-state index < -0.39 is 17.8 Å². The highest BCUT2D eigenvalue weighted by molar-refractivity contribution is 5.95. The Labute approximate surface area is 199 Å². The summed E-state index contributed by atoms with van der Waals surface area (Å²) >= 11 is 0. The predicted molar refractivity (Wildman–Crippen MR) is 124 cm³/mol. The topological polar surface area (TPSA) is 82.2 Å². The largest absolute Gasteiger partial charge is 0.463 e. The number of rotatable bonds is 7. The summed E-state index contributed by atoms with van der Waals surface area (Å²) in [5.74, 6) is -0.561. The summed E-state index contributed by atoms with van der Waals surface area (Å²) in [5.41, 5.74) is 1.36. The van der Waals surface area contributed by atoms with E-state index in [1.165, 1.54) is 12.1 Å². The molecular formula is C25H33FN4O4. The lowest BCUT2D eigenvalue weighted by Crippen LogP contribution is -2.56. The summed E-state index contributed by atoms with van der Waals surface area (Å²) in [6.45, 7) is 8.43. The van der Waals surface area contributed by atoms with Gasteiger partial charge in [-0.2, -0.15) is 0 Å². The van der Waals surface area contributed by atoms with Crippen molar-refractivity contribution in [2.24, 2.45) is 5.92 Å². The number of benzene rings is 1. The maximum absolute atomic E-state index is 14.0. The quantitative estimate of drug-likeness (QED) is 0.617. The second-order valence-electron chi connectivity index (χ2n) is 9.15. The highest BCUT2D eigenvalue weighted by Crippen LogP contribution is 2.34. The lowest BCUT2D eigenvalue weighted by Gasteiger charge is -2.43. The second-order valence-corrected chi connectivity index (χ2v) is 9.15. The molecule has 1 saturated heterocycles. The Hall–Kier alpha value is -2.94. The van der Waals surface area contributed by atoms with Crippen LogP contribution >= 0.6 is 0 Å². The minimum absolute atomic E-state index is 0.0417. The van der Waals surface area contributed by atoms with E-state index in [1.54, 1.807) is 24.0 Å². The van der Waals surface area contributed by atoms with Crippen LogP contribution < -0.4 is 5.32 Å². The first-order chi connectivity index (χ1) is 16.3. The van der Waals surface area contributed by atoms with E-state index in [0.717, 1.165) is 12.8 Å². The van der Waals surface area contributed by atoms with Crippen LogP contribution in [0.25, 0.3) is 0 Å². The van der Waals surface area contributed by atoms with Gasteiger partial charge in [-0.25, -0.2) is 14.0 Å². The maximum Gasteiger partial charge on any atom is 0.338 e. The summed E-state index contributed by atoms with van der Waals surface area (Å²) in [6.07, 6.45) is 1.95. The minimum Gasteiger partial charge on any atom is -0.463 e. The van der Waals surface area contributed by atoms with Crippen molar-refractivity contribution in [3.63, 3.8) is 0 Å². The fourth-order valence-electron chi connectivity index (χ4n) is 4.87. The molecule has 1 saturated carbocycles. The van der Waals surface area contributed by atoms with Gasteiger partial charge >= 0.3 is 12.0 Å². The first-order valence-electron chi connectivity index (χ1n) is 12.1. The Morgan fingerprint density at radius 2 is 1.97 bits per heavy atom. The average molecular weight is 473 g/mol. The fourth-order valence-corrected chi connectivity index (χ4v) is 4.87. The Morgan fingerprint density at radius 3 is 2.59 bits per heavy atom. The molecule has 34 heavy (non-hydrogen) atoms. The monoisotopic (exact) mass is 472 g/mol. The number of amides is 3. The first kappa shape index (κ1) is 24.2. The van der Waals surface area contributed by atoms with Crippen molar-refractivity contribution < 1.29 is 23.5 Å². The lowest BCUT2D eigenvalue weighted by molar-refractivity contribution is -0.139. The molecule has 1 aromatic carbocycles. The number of nitrogens with zero attached hydrogens (tertiary/aromatic N) is 3. The standard InChI is InChI=1S/C25H33FN4O4/c1-4-29-20(15-28-11-12-30(16(3)14-28)23(31)17-9-10-17)21(24(32)34-5-2)22(27-25(29)33)18-7-6-8-19(26)13-18/h6-8,13,16-17,22H,4-5,9-12,14-15H2,1-3H3,(H,27,33). The van der Waals surface area contributed by atoms with Crippen LogP contribution in [-0.4, -0.2) is 78.0 Å². The highest BCUT2D eigenvalue weighted by atomic mass is 19.1. The Kier molecular flexibility index (Phi) is 7.21. The number of urea groups is 1. The zero-order chi connectivity index (χ0) is 24.4. The molecule has 8 nitrogen and oxygen atoms in total. The van der Waals surface area contributed by atoms with E-state index in [-0.39, 0.29) is 30.5 Å². The molecule has 2 unspecified atom stereocenters. The van der Waals surface area contributed by atoms with E-state index >= 15 is 0 Å². The van der Waals surface area contributed by atoms with Crippen molar-refractivity contribution >= 4 is 17.9 Å². The fraction of sp³-hybridized carbons (Fsp3) is 0.560. The number of esters is 1. The second kappa shape index (κ2) is 10.1. The van der Waals surface area contributed by atoms with Crippen molar-refractivity contribution in [3.05, 3.63) is 46.9 Å². The zero-order valence-corrected chi connectivity index (χ0v) is 20.1. The van der Waals surface area contributed by atoms with Crippen LogP contribution in [-0.2, 0) is 14.3 Å². The SMILES string of the molecule is CCOC(=O)C1=C(CN2CCN(C(=O)C3CC3)C(C)C2)N(CC)C(=O)NC1c1cccc(F)c1. The van der Waals surface area contributed by atoms with Gasteiger partial charge in [0.15, 0.2) is 0 Å². The highest BCUT2D eigenvalue weighted by Gasteiger charge is 2.40. The van der Waals surface area contributed by atoms with Crippen LogP contribution in [0.5, 0.6) is 0 Å². The molecule has 9 heteroatoms. The number of ether oxygens (including phenoxy) is 1. The third-order valence-corrected chi connectivity index (χ3v) is 6.73. The molecule has 184 valence electrons. The van der Waals surface area contributed by atoms with E-state index in [2.05, 4.69) is 10.2 Å². The van der Waals surface area contributed by atoms with Gasteiger partial charge in [0.2, 0.25) is 5.91 Å². The van der Waals surface area contributed by atoms with Gasteiger partial charge in [-0.15, -0.1) is 0 Å². The van der Waals surface area contributed by atoms with Crippen LogP contribution in [0.4, 0.5) is 9.18 Å². The zero-order valence-electron chi connectivity index (χ0n) is 20.1. The van der Waals surface area contributed by atoms with E-state index in [1.807, 2.05) is 18.7 Å². The smallest absolute Gasteiger partial charge is 0.338 e. The molecule has 3 amide bonds. The van der Waals surface area contributed by atoms with Gasteiger partial charge in [0.05, 0.1) is 18.2 Å². The summed E-state index contributed by atoms with van der Waals surface area (Å²) in [4.78, 5) is 44.4. The van der Waals surface area contributed by atoms with Gasteiger partial charge < -0.3 is 15.0 Å². The Balaban J connectivity index is 1.66. The molecule has 0 radical (unpaired) electrons. The molecule has 3 aliphatic rings. The van der Waals surface area contributed by atoms with Crippen molar-refractivity contribution in [2.75, 3.05) is 39.3 Å². The van der Waals surface area contributed by atoms with Crippen molar-refractivity contribution in [1.82, 2.24) is 20.0 Å². The molecule has 2 atom stereocenters. The van der Waals surface area contributed by atoms with Gasteiger partial charge in [-0.05, 0) is 51.3 Å². The van der Waals surface area contributed by atoms with Gasteiger partial charge in [-0.3, -0.25) is 14.6 Å². The van der Waals surface area contributed by atoms with E-state index in [4.69, 9.17) is 4.74 Å². The lowest BCUT2D eigenvalue weighted by atomic mass is 9.94. The van der Waals surface area contributed by atoms with Crippen LogP contribution in [0, 0.1) is 11.7 Å². The third kappa shape index (κ3) is 4.94.